The first-order chi connectivity index (χ1) is 11.6. The molecule has 0 aromatic heterocycles. The van der Waals surface area contributed by atoms with Crippen LogP contribution >= 0.6 is 11.8 Å². The fraction of sp³-hybridized carbons (Fsp3) is 0.400. The molecule has 0 bridgehead atoms. The van der Waals surface area contributed by atoms with Gasteiger partial charge in [-0.1, -0.05) is 50.8 Å². The van der Waals surface area contributed by atoms with Crippen molar-refractivity contribution in [3.8, 4) is 0 Å². The molecule has 2 rings (SSSR count). The van der Waals surface area contributed by atoms with Crippen LogP contribution in [-0.4, -0.2) is 24.1 Å². The largest absolute Gasteiger partial charge is 0.273 e. The van der Waals surface area contributed by atoms with E-state index in [-0.39, 0.29) is 5.91 Å². The molecule has 24 heavy (non-hydrogen) atoms. The van der Waals surface area contributed by atoms with Crippen LogP contribution in [0.4, 0.5) is 0 Å². The number of nitrogens with zero attached hydrogens (tertiary/aromatic N) is 1. The van der Waals surface area contributed by atoms with E-state index < -0.39 is 0 Å². The van der Waals surface area contributed by atoms with Gasteiger partial charge in [0, 0.05) is 6.42 Å². The monoisotopic (exact) mass is 346 g/mol. The van der Waals surface area contributed by atoms with Crippen molar-refractivity contribution >= 4 is 29.5 Å². The second kappa shape index (κ2) is 13.6. The number of benzene rings is 1. The molecular weight excluding hydrogens is 316 g/mol. The zero-order valence-corrected chi connectivity index (χ0v) is 16.4. The lowest BCUT2D eigenvalue weighted by Gasteiger charge is -2.07. The van der Waals surface area contributed by atoms with E-state index in [1.807, 2.05) is 38.5 Å². The van der Waals surface area contributed by atoms with E-state index >= 15 is 0 Å². The number of allylic oxidation sites excluding steroid dienone is 2. The number of rotatable bonds is 3. The number of aryl methyl sites for hydroxylation is 1. The van der Waals surface area contributed by atoms with E-state index in [2.05, 4.69) is 42.2 Å². The summed E-state index contributed by atoms with van der Waals surface area (Å²) in [5, 5.41) is 4.20. The van der Waals surface area contributed by atoms with Crippen LogP contribution in [0.25, 0.3) is 6.08 Å². The van der Waals surface area contributed by atoms with Crippen molar-refractivity contribution in [3.05, 3.63) is 53.6 Å². The summed E-state index contributed by atoms with van der Waals surface area (Å²) in [6.45, 7) is 9.75. The van der Waals surface area contributed by atoms with Gasteiger partial charge in [-0.25, -0.2) is 5.43 Å². The highest BCUT2D eigenvalue weighted by molar-refractivity contribution is 7.97. The predicted molar refractivity (Wildman–Crippen MR) is 110 cm³/mol. The number of thioether (sulfide) groups is 1. The number of hydrogen-bond acceptors (Lipinski definition) is 3. The Morgan fingerprint density at radius 1 is 1.25 bits per heavy atom. The molecule has 1 N–H and O–H groups in total. The second-order valence-corrected chi connectivity index (χ2v) is 5.84. The topological polar surface area (TPSA) is 41.5 Å². The van der Waals surface area contributed by atoms with Crippen LogP contribution in [0.5, 0.6) is 0 Å². The van der Waals surface area contributed by atoms with E-state index in [9.17, 15) is 4.79 Å². The summed E-state index contributed by atoms with van der Waals surface area (Å²) in [6, 6.07) is 6.23. The molecule has 0 atom stereocenters. The number of carbonyl (C=O) groups excluding carboxylic acids is 1. The first-order valence-electron chi connectivity index (χ1n) is 8.28. The van der Waals surface area contributed by atoms with E-state index in [4.69, 9.17) is 0 Å². The molecule has 132 valence electrons. The minimum absolute atomic E-state index is 0.00566. The summed E-state index contributed by atoms with van der Waals surface area (Å²) in [7, 11) is 0. The first kappa shape index (κ1) is 22.2. The first-order valence-corrected chi connectivity index (χ1v) is 9.91. The highest BCUT2D eigenvalue weighted by Crippen LogP contribution is 2.17. The van der Waals surface area contributed by atoms with Crippen LogP contribution in [0.1, 0.15) is 49.8 Å². The zero-order valence-electron chi connectivity index (χ0n) is 15.6. The van der Waals surface area contributed by atoms with Crippen molar-refractivity contribution in [2.24, 2.45) is 5.10 Å². The highest BCUT2D eigenvalue weighted by atomic mass is 32.2. The smallest absolute Gasteiger partial charge is 0.240 e. The van der Waals surface area contributed by atoms with Crippen molar-refractivity contribution < 1.29 is 4.79 Å². The van der Waals surface area contributed by atoms with Crippen LogP contribution in [0, 0.1) is 6.92 Å². The Morgan fingerprint density at radius 2 is 1.92 bits per heavy atom. The van der Waals surface area contributed by atoms with Crippen LogP contribution < -0.4 is 5.43 Å². The van der Waals surface area contributed by atoms with Gasteiger partial charge in [-0.05, 0) is 55.0 Å². The van der Waals surface area contributed by atoms with Crippen LogP contribution in [0.3, 0.4) is 0 Å². The normalized spacial score (nSPS) is 13.5. The molecule has 1 aliphatic rings. The van der Waals surface area contributed by atoms with E-state index in [0.717, 1.165) is 29.7 Å². The molecule has 0 saturated carbocycles. The fourth-order valence-corrected chi connectivity index (χ4v) is 2.04. The van der Waals surface area contributed by atoms with Gasteiger partial charge in [-0.15, -0.1) is 0 Å². The summed E-state index contributed by atoms with van der Waals surface area (Å²) in [6.07, 6.45) is 12.0. The molecule has 1 amide bonds. The van der Waals surface area contributed by atoms with Gasteiger partial charge in [0.15, 0.2) is 0 Å². The molecule has 4 heteroatoms. The highest BCUT2D eigenvalue weighted by Gasteiger charge is 2.11. The quantitative estimate of drug-likeness (QED) is 0.764. The Bertz CT molecular complexity index is 577. The summed E-state index contributed by atoms with van der Waals surface area (Å²) in [5.74, 6) is -0.00566. The lowest BCUT2D eigenvalue weighted by Crippen LogP contribution is -2.15. The molecule has 3 nitrogen and oxygen atoms in total. The molecule has 0 saturated heterocycles. The van der Waals surface area contributed by atoms with Gasteiger partial charge in [-0.3, -0.25) is 4.79 Å². The van der Waals surface area contributed by atoms with Crippen LogP contribution in [0.15, 0.2) is 42.0 Å². The third-order valence-electron chi connectivity index (χ3n) is 3.16. The molecule has 1 aromatic carbocycles. The van der Waals surface area contributed by atoms with Gasteiger partial charge in [0.05, 0.1) is 5.71 Å². The molecule has 1 aliphatic heterocycles. The lowest BCUT2D eigenvalue weighted by atomic mass is 9.99. The third-order valence-corrected chi connectivity index (χ3v) is 3.16. The number of carbonyl (C=O) groups is 1. The number of hydrazone groups is 1. The maximum Gasteiger partial charge on any atom is 0.240 e. The molecule has 1 aromatic rings. The summed E-state index contributed by atoms with van der Waals surface area (Å²) < 4.78 is 0. The van der Waals surface area contributed by atoms with Gasteiger partial charge in [-0.2, -0.15) is 16.9 Å². The van der Waals surface area contributed by atoms with Crippen molar-refractivity contribution in [2.45, 2.75) is 40.0 Å². The van der Waals surface area contributed by atoms with Gasteiger partial charge in [0.25, 0.3) is 0 Å². The molecule has 1 heterocycles. The Morgan fingerprint density at radius 3 is 2.54 bits per heavy atom. The molecule has 0 radical (unpaired) electrons. The van der Waals surface area contributed by atoms with Crippen LogP contribution in [0.2, 0.25) is 0 Å². The lowest BCUT2D eigenvalue weighted by molar-refractivity contribution is -0.120. The Kier molecular flexibility index (Phi) is 12.6. The average molecular weight is 347 g/mol. The predicted octanol–water partition coefficient (Wildman–Crippen LogP) is 5.20. The van der Waals surface area contributed by atoms with Crippen molar-refractivity contribution in [3.63, 3.8) is 0 Å². The van der Waals surface area contributed by atoms with E-state index in [1.165, 1.54) is 5.56 Å². The standard InChI is InChI=1S/C16H18N2O.C2H6S.C2H6/c1-3-4-6-13-11-14(10-9-12(13)2)15-7-5-8-16(19)18-17-15;1-3-2;1-2/h3-4,6,9-11H,1,5,7-8H2,2H3,(H,18,19);1-2H3;1-2H3/b6-4-;;. The number of hydrogen-bond donors (Lipinski definition) is 1. The number of amides is 1. The SMILES string of the molecule is C=C/C=C\c1cc(C2=NNC(=O)CCC2)ccc1C.CC.CSC. The Labute approximate surface area is 151 Å². The van der Waals surface area contributed by atoms with Crippen molar-refractivity contribution in [1.82, 2.24) is 5.43 Å². The van der Waals surface area contributed by atoms with Gasteiger partial charge in [0.1, 0.15) is 0 Å². The third kappa shape index (κ3) is 8.16. The van der Waals surface area contributed by atoms with E-state index in [0.29, 0.717) is 6.42 Å². The molecule has 0 unspecified atom stereocenters. The maximum absolute atomic E-state index is 11.3. The van der Waals surface area contributed by atoms with Gasteiger partial charge < -0.3 is 0 Å². The minimum Gasteiger partial charge on any atom is -0.273 e. The van der Waals surface area contributed by atoms with E-state index in [1.54, 1.807) is 17.8 Å². The molecule has 0 aliphatic carbocycles. The molecule has 0 spiro atoms. The fourth-order valence-electron chi connectivity index (χ4n) is 2.04. The maximum atomic E-state index is 11.3. The second-order valence-electron chi connectivity index (χ2n) is 5.02. The van der Waals surface area contributed by atoms with Crippen molar-refractivity contribution in [1.29, 1.82) is 0 Å². The molecule has 0 fully saturated rings. The summed E-state index contributed by atoms with van der Waals surface area (Å²) in [5.41, 5.74) is 6.95. The summed E-state index contributed by atoms with van der Waals surface area (Å²) >= 11 is 1.75. The number of nitrogens with one attached hydrogen (secondary N) is 1. The Balaban J connectivity index is 0.000000952. The van der Waals surface area contributed by atoms with Crippen LogP contribution in [-0.2, 0) is 4.79 Å². The van der Waals surface area contributed by atoms with Crippen molar-refractivity contribution in [2.75, 3.05) is 12.5 Å². The molecular formula is C20H30N2OS. The van der Waals surface area contributed by atoms with Gasteiger partial charge in [0.2, 0.25) is 5.91 Å². The summed E-state index contributed by atoms with van der Waals surface area (Å²) in [4.78, 5) is 11.3. The van der Waals surface area contributed by atoms with Gasteiger partial charge >= 0.3 is 0 Å². The minimum atomic E-state index is -0.00566. The zero-order chi connectivity index (χ0) is 18.4. The Hall–Kier alpha value is -1.81. The average Bonchev–Trinajstić information content (AvgIpc) is 2.81.